The highest BCUT2D eigenvalue weighted by Gasteiger charge is 2.52. The van der Waals surface area contributed by atoms with Crippen LogP contribution >= 0.6 is 0 Å². The van der Waals surface area contributed by atoms with Gasteiger partial charge in [0.2, 0.25) is 5.75 Å². The van der Waals surface area contributed by atoms with E-state index in [9.17, 15) is 20.1 Å². The third-order valence-electron chi connectivity index (χ3n) is 10.7. The van der Waals surface area contributed by atoms with E-state index in [-0.39, 0.29) is 47.3 Å². The fourth-order valence-electron chi connectivity index (χ4n) is 8.67. The van der Waals surface area contributed by atoms with Crippen molar-refractivity contribution in [3.8, 4) is 28.7 Å². The van der Waals surface area contributed by atoms with Crippen molar-refractivity contribution in [2.45, 2.75) is 121 Å². The maximum Gasteiger partial charge on any atom is 0.302 e. The van der Waals surface area contributed by atoms with E-state index in [0.29, 0.717) is 47.8 Å². The number of esters is 1. The molecule has 0 radical (unpaired) electrons. The van der Waals surface area contributed by atoms with E-state index in [1.54, 1.807) is 12.1 Å². The molecular formula is C35H46O8. The molecule has 0 amide bonds. The van der Waals surface area contributed by atoms with Crippen molar-refractivity contribution in [3.05, 3.63) is 41.5 Å². The fraction of sp³-hybridized carbons (Fsp3) is 0.629. The van der Waals surface area contributed by atoms with E-state index >= 15 is 0 Å². The van der Waals surface area contributed by atoms with Crippen LogP contribution < -0.4 is 9.47 Å². The quantitative estimate of drug-likeness (QED) is 0.216. The second kappa shape index (κ2) is 12.1. The summed E-state index contributed by atoms with van der Waals surface area (Å²) in [6, 6.07) is 8.60. The van der Waals surface area contributed by atoms with Crippen molar-refractivity contribution in [3.63, 3.8) is 0 Å². The Morgan fingerprint density at radius 2 is 1.72 bits per heavy atom. The molecule has 3 aliphatic carbocycles. The first-order chi connectivity index (χ1) is 20.6. The van der Waals surface area contributed by atoms with Gasteiger partial charge in [0.1, 0.15) is 6.10 Å². The molecule has 2 aromatic rings. The van der Waals surface area contributed by atoms with Gasteiger partial charge in [-0.25, -0.2) is 0 Å². The number of methoxy groups -OCH3 is 1. The summed E-state index contributed by atoms with van der Waals surface area (Å²) >= 11 is 0. The summed E-state index contributed by atoms with van der Waals surface area (Å²) in [5, 5.41) is 31.5. The lowest BCUT2D eigenvalue weighted by Crippen LogP contribution is -2.34. The molecule has 0 unspecified atom stereocenters. The van der Waals surface area contributed by atoms with Crippen LogP contribution in [0.15, 0.2) is 30.3 Å². The lowest BCUT2D eigenvalue weighted by molar-refractivity contribution is -0.160. The number of aryl methyl sites for hydroxylation is 1. The van der Waals surface area contributed by atoms with E-state index in [4.69, 9.17) is 18.9 Å². The Hall–Kier alpha value is -3.13. The molecule has 1 aliphatic heterocycles. The zero-order valence-electron chi connectivity index (χ0n) is 25.5. The van der Waals surface area contributed by atoms with Gasteiger partial charge in [0.05, 0.1) is 25.4 Å². The highest BCUT2D eigenvalue weighted by atomic mass is 16.6. The average Bonchev–Trinajstić information content (AvgIpc) is 3.70. The minimum atomic E-state index is -0.446. The van der Waals surface area contributed by atoms with Gasteiger partial charge < -0.3 is 34.3 Å². The first-order valence-electron chi connectivity index (χ1n) is 16.1. The van der Waals surface area contributed by atoms with Crippen molar-refractivity contribution in [2.75, 3.05) is 7.11 Å². The molecule has 1 saturated heterocycles. The topological polar surface area (TPSA) is 115 Å². The van der Waals surface area contributed by atoms with Crippen molar-refractivity contribution < 1.29 is 39.1 Å². The van der Waals surface area contributed by atoms with E-state index in [1.165, 1.54) is 65.0 Å². The van der Waals surface area contributed by atoms with Gasteiger partial charge in [-0.3, -0.25) is 4.79 Å². The van der Waals surface area contributed by atoms with E-state index < -0.39 is 6.10 Å². The van der Waals surface area contributed by atoms with E-state index in [2.05, 4.69) is 0 Å². The number of carbonyl (C=O) groups is 1. The van der Waals surface area contributed by atoms with Crippen LogP contribution in [0.1, 0.15) is 108 Å². The normalized spacial score (nSPS) is 29.7. The van der Waals surface area contributed by atoms with E-state index in [1.807, 2.05) is 12.1 Å². The lowest BCUT2D eigenvalue weighted by Gasteiger charge is -2.35. The number of hydrogen-bond acceptors (Lipinski definition) is 8. The van der Waals surface area contributed by atoms with Crippen molar-refractivity contribution in [1.82, 2.24) is 0 Å². The van der Waals surface area contributed by atoms with Gasteiger partial charge in [-0.2, -0.15) is 0 Å². The van der Waals surface area contributed by atoms with Crippen molar-refractivity contribution in [1.29, 1.82) is 0 Å². The standard InChI is InChI=1S/C35H46O8/c1-22(36)41-27-18-25(7-5-23-6-8-28(37)31(15-23)40-2)42-30(19-27)24-16-29(38)33(39)32(17-24)43-26-9-12-35(20-26)14-13-34(21-35)10-3-4-11-34/h6,8,15-17,25-27,30,37-39H,3-5,7,9-14,18-21H2,1-2H3/t25-,26+,27+,30-,35+/m0/s1. The van der Waals surface area contributed by atoms with Gasteiger partial charge in [-0.1, -0.05) is 18.9 Å². The van der Waals surface area contributed by atoms with Gasteiger partial charge in [-0.05, 0) is 110 Å². The molecule has 8 nitrogen and oxygen atoms in total. The fourth-order valence-corrected chi connectivity index (χ4v) is 8.67. The average molecular weight is 595 g/mol. The molecule has 6 rings (SSSR count). The van der Waals surface area contributed by atoms with E-state index in [0.717, 1.165) is 24.8 Å². The maximum absolute atomic E-state index is 11.9. The molecule has 5 atom stereocenters. The van der Waals surface area contributed by atoms with Gasteiger partial charge >= 0.3 is 5.97 Å². The second-order valence-corrected chi connectivity index (χ2v) is 13.7. The van der Waals surface area contributed by atoms with Crippen molar-refractivity contribution in [2.24, 2.45) is 10.8 Å². The number of phenolic OH excluding ortho intramolecular Hbond substituents is 3. The van der Waals surface area contributed by atoms with Gasteiger partial charge in [0.25, 0.3) is 0 Å². The summed E-state index contributed by atoms with van der Waals surface area (Å²) in [5.74, 6) is -0.0215. The Morgan fingerprint density at radius 3 is 2.49 bits per heavy atom. The third-order valence-corrected chi connectivity index (χ3v) is 10.7. The summed E-state index contributed by atoms with van der Waals surface area (Å²) in [5.41, 5.74) is 2.59. The van der Waals surface area contributed by atoms with Gasteiger partial charge in [0, 0.05) is 19.8 Å². The molecular weight excluding hydrogens is 548 g/mol. The predicted octanol–water partition coefficient (Wildman–Crippen LogP) is 7.26. The van der Waals surface area contributed by atoms with Crippen LogP contribution in [0.3, 0.4) is 0 Å². The Kier molecular flexibility index (Phi) is 8.42. The Balaban J connectivity index is 1.15. The Labute approximate surface area is 254 Å². The molecule has 2 spiro atoms. The van der Waals surface area contributed by atoms with Crippen LogP contribution in [0.25, 0.3) is 0 Å². The number of ether oxygens (including phenoxy) is 4. The summed E-state index contributed by atoms with van der Waals surface area (Å²) in [6.07, 6.45) is 13.9. The Bertz CT molecular complexity index is 1320. The molecule has 234 valence electrons. The highest BCUT2D eigenvalue weighted by Crippen LogP contribution is 2.63. The number of carbonyl (C=O) groups excluding carboxylic acids is 1. The molecule has 2 aromatic carbocycles. The number of hydrogen-bond donors (Lipinski definition) is 3. The van der Waals surface area contributed by atoms with Crippen LogP contribution in [0.5, 0.6) is 28.7 Å². The largest absolute Gasteiger partial charge is 0.504 e. The summed E-state index contributed by atoms with van der Waals surface area (Å²) in [4.78, 5) is 11.9. The first-order valence-corrected chi connectivity index (χ1v) is 16.1. The molecule has 4 fully saturated rings. The zero-order chi connectivity index (χ0) is 30.2. The summed E-state index contributed by atoms with van der Waals surface area (Å²) < 4.78 is 23.8. The smallest absolute Gasteiger partial charge is 0.302 e. The highest BCUT2D eigenvalue weighted by molar-refractivity contribution is 5.66. The van der Waals surface area contributed by atoms with Gasteiger partial charge in [-0.15, -0.1) is 0 Å². The van der Waals surface area contributed by atoms with Crippen LogP contribution in [0.2, 0.25) is 0 Å². The minimum absolute atomic E-state index is 0.00761. The van der Waals surface area contributed by atoms with Crippen LogP contribution in [0.4, 0.5) is 0 Å². The molecule has 3 saturated carbocycles. The zero-order valence-corrected chi connectivity index (χ0v) is 25.5. The van der Waals surface area contributed by atoms with Crippen LogP contribution in [-0.4, -0.2) is 46.7 Å². The predicted molar refractivity (Wildman–Crippen MR) is 161 cm³/mol. The molecule has 3 N–H and O–H groups in total. The molecule has 4 aliphatic rings. The summed E-state index contributed by atoms with van der Waals surface area (Å²) in [7, 11) is 1.52. The molecule has 43 heavy (non-hydrogen) atoms. The van der Waals surface area contributed by atoms with Crippen molar-refractivity contribution >= 4 is 5.97 Å². The third kappa shape index (κ3) is 6.54. The number of rotatable bonds is 8. The van der Waals surface area contributed by atoms with Crippen LogP contribution in [-0.2, 0) is 20.7 Å². The lowest BCUT2D eigenvalue weighted by atomic mass is 9.77. The van der Waals surface area contributed by atoms with Gasteiger partial charge in [0.15, 0.2) is 23.0 Å². The number of phenols is 3. The number of benzene rings is 2. The monoisotopic (exact) mass is 594 g/mol. The SMILES string of the molecule is COc1cc(CC[C@H]2C[C@@H](OC(C)=O)C[C@@H](c3cc(O)c(O)c(O[C@@H]4CC[C@@]5(CCC6(CCCC6)C5)C4)c3)O2)ccc1O. The van der Waals surface area contributed by atoms with Crippen LogP contribution in [0, 0.1) is 10.8 Å². The molecule has 1 heterocycles. The molecule has 8 heteroatoms. The Morgan fingerprint density at radius 1 is 0.930 bits per heavy atom. The summed E-state index contributed by atoms with van der Waals surface area (Å²) in [6.45, 7) is 1.41. The number of aromatic hydroxyl groups is 3. The first kappa shape index (κ1) is 29.9. The maximum atomic E-state index is 11.9. The molecule has 0 aromatic heterocycles. The second-order valence-electron chi connectivity index (χ2n) is 13.7. The molecule has 0 bridgehead atoms. The minimum Gasteiger partial charge on any atom is -0.504 e.